The second kappa shape index (κ2) is 10.9. The molecular weight excluding hydrogens is 646 g/mol. The fraction of sp³-hybridized carbons (Fsp3) is 0.462. The zero-order valence-corrected chi connectivity index (χ0v) is 24.3. The molecule has 4 atom stereocenters. The maximum absolute atomic E-state index is 13.9. The summed E-state index contributed by atoms with van der Waals surface area (Å²) in [6.45, 7) is 3.61. The van der Waals surface area contributed by atoms with E-state index in [1.54, 1.807) is 0 Å². The molecule has 2 aliphatic heterocycles. The maximum atomic E-state index is 13.9. The van der Waals surface area contributed by atoms with Crippen molar-refractivity contribution in [2.45, 2.75) is 62.3 Å². The molecule has 0 saturated carbocycles. The van der Waals surface area contributed by atoms with Gasteiger partial charge < -0.3 is 26.7 Å². The first-order chi connectivity index (χ1) is 19.0. The van der Waals surface area contributed by atoms with Crippen molar-refractivity contribution in [2.24, 2.45) is 21.5 Å². The Bertz CT molecular complexity index is 1310. The molecule has 2 heterocycles. The minimum Gasteiger partial charge on any atom is -0.399 e. The van der Waals surface area contributed by atoms with Crippen LogP contribution in [0.15, 0.2) is 50.9 Å². The van der Waals surface area contributed by atoms with E-state index in [9.17, 15) is 35.1 Å². The van der Waals surface area contributed by atoms with Gasteiger partial charge in [-0.1, -0.05) is 15.9 Å². The first kappa shape index (κ1) is 33.5. The highest BCUT2D eigenvalue weighted by molar-refractivity contribution is 9.10. The van der Waals surface area contributed by atoms with Crippen LogP contribution in [0.1, 0.15) is 38.8 Å². The average Bonchev–Trinajstić information content (AvgIpc) is 2.86. The quantitative estimate of drug-likeness (QED) is 0.273. The van der Waals surface area contributed by atoms with Gasteiger partial charge >= 0.3 is 12.4 Å². The Balaban J connectivity index is 0.000000230. The van der Waals surface area contributed by atoms with Crippen LogP contribution in [0, 0.1) is 11.6 Å². The zero-order chi connectivity index (χ0) is 32.1. The van der Waals surface area contributed by atoms with Gasteiger partial charge in [-0.25, -0.2) is 8.78 Å². The number of halogens is 9. The Labute approximate surface area is 244 Å². The normalized spacial score (nSPS) is 30.1. The second-order valence-electron chi connectivity index (χ2n) is 10.5. The highest BCUT2D eigenvalue weighted by Gasteiger charge is 2.60. The molecule has 42 heavy (non-hydrogen) atoms. The van der Waals surface area contributed by atoms with Gasteiger partial charge in [-0.15, -0.1) is 0 Å². The van der Waals surface area contributed by atoms with E-state index < -0.39 is 71.2 Å². The monoisotopic (exact) mass is 673 g/mol. The van der Waals surface area contributed by atoms with Crippen molar-refractivity contribution < 1.29 is 44.6 Å². The van der Waals surface area contributed by atoms with Gasteiger partial charge in [-0.3, -0.25) is 9.98 Å². The lowest BCUT2D eigenvalue weighted by atomic mass is 9.89. The van der Waals surface area contributed by atoms with Crippen LogP contribution in [-0.4, -0.2) is 48.4 Å². The van der Waals surface area contributed by atoms with E-state index in [1.807, 2.05) is 0 Å². The summed E-state index contributed by atoms with van der Waals surface area (Å²) in [4.78, 5) is 7.75. The fourth-order valence-corrected chi connectivity index (χ4v) is 4.48. The molecule has 0 spiro atoms. The van der Waals surface area contributed by atoms with Crippen LogP contribution in [0.5, 0.6) is 0 Å². The highest BCUT2D eigenvalue weighted by Crippen LogP contribution is 2.43. The molecule has 0 amide bonds. The smallest absolute Gasteiger partial charge is 0.399 e. The molecule has 16 heteroatoms. The molecule has 0 radical (unpaired) electrons. The third-order valence-electron chi connectivity index (χ3n) is 7.16. The molecule has 0 unspecified atom stereocenters. The number of nitrogens with zero attached hydrogens (tertiary/aromatic N) is 2. The highest BCUT2D eigenvalue weighted by atomic mass is 79.9. The maximum Gasteiger partial charge on any atom is 0.424 e. The number of anilines is 1. The number of nitrogen functional groups attached to an aromatic ring is 1. The molecule has 232 valence electrons. The van der Waals surface area contributed by atoms with Crippen LogP contribution in [0.25, 0.3) is 0 Å². The third-order valence-corrected chi connectivity index (χ3v) is 7.65. The zero-order valence-electron chi connectivity index (χ0n) is 22.7. The summed E-state index contributed by atoms with van der Waals surface area (Å²) in [6, 6.07) is 7.92. The van der Waals surface area contributed by atoms with E-state index in [-0.39, 0.29) is 16.8 Å². The molecular formula is C26H28BrF8N5O2. The van der Waals surface area contributed by atoms with Gasteiger partial charge in [0.1, 0.15) is 34.4 Å². The Morgan fingerprint density at radius 1 is 0.690 bits per heavy atom. The second-order valence-corrected chi connectivity index (χ2v) is 11.5. The van der Waals surface area contributed by atoms with Crippen molar-refractivity contribution in [3.8, 4) is 0 Å². The SMILES string of the molecule is C[C@@]1(c2cc(Br)ccc2F)CO[C@@](C)(C(F)(F)F)C(N)=N1.C[C@@]1(c2cc(N)ccc2F)CO[C@@](C)(C(F)(F)F)C(N)=N1. The average molecular weight is 674 g/mol. The van der Waals surface area contributed by atoms with Crippen molar-refractivity contribution in [1.82, 2.24) is 0 Å². The first-order valence-electron chi connectivity index (χ1n) is 12.1. The first-order valence-corrected chi connectivity index (χ1v) is 12.9. The minimum atomic E-state index is -4.71. The van der Waals surface area contributed by atoms with Gasteiger partial charge in [-0.2, -0.15) is 26.3 Å². The van der Waals surface area contributed by atoms with Crippen molar-refractivity contribution in [3.63, 3.8) is 0 Å². The van der Waals surface area contributed by atoms with E-state index in [2.05, 4.69) is 25.9 Å². The topological polar surface area (TPSA) is 121 Å². The number of hydrogen-bond acceptors (Lipinski definition) is 7. The van der Waals surface area contributed by atoms with Crippen LogP contribution < -0.4 is 17.2 Å². The summed E-state index contributed by atoms with van der Waals surface area (Å²) in [6.07, 6.45) is -9.41. The lowest BCUT2D eigenvalue weighted by Crippen LogP contribution is -2.60. The predicted molar refractivity (Wildman–Crippen MR) is 144 cm³/mol. The molecule has 2 aliphatic rings. The Kier molecular flexibility index (Phi) is 8.73. The Morgan fingerprint density at radius 2 is 1.07 bits per heavy atom. The lowest BCUT2D eigenvalue weighted by molar-refractivity contribution is -0.249. The van der Waals surface area contributed by atoms with Crippen molar-refractivity contribution >= 4 is 33.3 Å². The molecule has 0 fully saturated rings. The number of rotatable bonds is 2. The number of ether oxygens (including phenoxy) is 2. The standard InChI is InChI=1S/C13H13BrF4N2O.C13H15F4N3O/c1-11(8-5-7(14)3-4-9(8)15)6-21-12(2,10(19)20-11)13(16,17)18;1-11(8-5-7(18)3-4-9(8)14)6-21-12(2,10(19)20-11)13(15,16)17/h3-5H,6H2,1-2H3,(H2,19,20);3-5H,6,18H2,1-2H3,(H2,19,20)/t2*11-,12+/m00/s1. The number of amidine groups is 2. The Hall–Kier alpha value is -2.98. The van der Waals surface area contributed by atoms with Gasteiger partial charge in [-0.05, 0) is 64.1 Å². The van der Waals surface area contributed by atoms with Crippen LogP contribution >= 0.6 is 15.9 Å². The van der Waals surface area contributed by atoms with Gasteiger partial charge in [0.2, 0.25) is 11.2 Å². The van der Waals surface area contributed by atoms with Crippen LogP contribution in [0.4, 0.5) is 40.8 Å². The van der Waals surface area contributed by atoms with Gasteiger partial charge in [0.25, 0.3) is 0 Å². The summed E-state index contributed by atoms with van der Waals surface area (Å²) in [5, 5.41) is 0. The van der Waals surface area contributed by atoms with Gasteiger partial charge in [0.15, 0.2) is 0 Å². The van der Waals surface area contributed by atoms with E-state index in [4.69, 9.17) is 26.7 Å². The third kappa shape index (κ3) is 6.06. The van der Waals surface area contributed by atoms with Gasteiger partial charge in [0.05, 0.1) is 13.2 Å². The van der Waals surface area contributed by atoms with Gasteiger partial charge in [0, 0.05) is 21.3 Å². The molecule has 6 N–H and O–H groups in total. The molecule has 0 aliphatic carbocycles. The van der Waals surface area contributed by atoms with E-state index in [1.165, 1.54) is 44.2 Å². The van der Waals surface area contributed by atoms with Crippen LogP contribution in [0.2, 0.25) is 0 Å². The molecule has 2 aromatic carbocycles. The molecule has 0 bridgehead atoms. The number of benzene rings is 2. The largest absolute Gasteiger partial charge is 0.424 e. The molecule has 4 rings (SSSR count). The van der Waals surface area contributed by atoms with E-state index in [0.29, 0.717) is 4.47 Å². The van der Waals surface area contributed by atoms with Crippen molar-refractivity contribution in [1.29, 1.82) is 0 Å². The van der Waals surface area contributed by atoms with Crippen molar-refractivity contribution in [3.05, 3.63) is 63.6 Å². The van der Waals surface area contributed by atoms with Crippen LogP contribution in [0.3, 0.4) is 0 Å². The molecule has 7 nitrogen and oxygen atoms in total. The van der Waals surface area contributed by atoms with Crippen LogP contribution in [-0.2, 0) is 20.6 Å². The number of aliphatic imine (C=N–C) groups is 2. The summed E-state index contributed by atoms with van der Waals surface area (Å²) in [7, 11) is 0. The summed E-state index contributed by atoms with van der Waals surface area (Å²) >= 11 is 3.19. The van der Waals surface area contributed by atoms with Crippen molar-refractivity contribution in [2.75, 3.05) is 18.9 Å². The predicted octanol–water partition coefficient (Wildman–Crippen LogP) is 5.84. The minimum absolute atomic E-state index is 0.0367. The number of nitrogens with two attached hydrogens (primary N) is 3. The summed E-state index contributed by atoms with van der Waals surface area (Å²) in [5.74, 6) is -2.69. The fourth-order valence-electron chi connectivity index (χ4n) is 4.12. The number of hydrogen-bond donors (Lipinski definition) is 3. The lowest BCUT2D eigenvalue weighted by Gasteiger charge is -2.41. The van der Waals surface area contributed by atoms with E-state index in [0.717, 1.165) is 19.9 Å². The molecule has 0 aromatic heterocycles. The Morgan fingerprint density at radius 3 is 1.45 bits per heavy atom. The number of alkyl halides is 6. The molecule has 0 saturated heterocycles. The summed E-state index contributed by atoms with van der Waals surface area (Å²) in [5.41, 5.74) is 8.91. The van der Waals surface area contributed by atoms with E-state index >= 15 is 0 Å². The summed E-state index contributed by atoms with van der Waals surface area (Å²) < 4.78 is 116. The molecule has 2 aromatic rings.